The number of rotatable bonds is 4. The van der Waals surface area contributed by atoms with Crippen molar-refractivity contribution in [2.75, 3.05) is 37.3 Å². The number of nitrogens with two attached hydrogens (primary N) is 1. The van der Waals surface area contributed by atoms with E-state index in [4.69, 9.17) is 10.5 Å². The third kappa shape index (κ3) is 4.51. The molecule has 110 valence electrons. The lowest BCUT2D eigenvalue weighted by atomic mass is 10.2. The molecule has 1 aliphatic rings. The number of carbonyl (C=O) groups excluding carboxylic acids is 1. The van der Waals surface area contributed by atoms with Crippen LogP contribution < -0.4 is 11.1 Å². The van der Waals surface area contributed by atoms with E-state index in [0.717, 1.165) is 32.7 Å². The van der Waals surface area contributed by atoms with Crippen LogP contribution in [-0.2, 0) is 9.53 Å². The molecule has 20 heavy (non-hydrogen) atoms. The van der Waals surface area contributed by atoms with Gasteiger partial charge in [-0.3, -0.25) is 4.79 Å². The summed E-state index contributed by atoms with van der Waals surface area (Å²) >= 11 is 0. The van der Waals surface area contributed by atoms with Crippen molar-refractivity contribution >= 4 is 17.3 Å². The van der Waals surface area contributed by atoms with Gasteiger partial charge in [0.1, 0.15) is 0 Å². The molecule has 1 aliphatic heterocycles. The summed E-state index contributed by atoms with van der Waals surface area (Å²) in [6.07, 6.45) is 1.74. The van der Waals surface area contributed by atoms with Gasteiger partial charge >= 0.3 is 0 Å². The quantitative estimate of drug-likeness (QED) is 0.822. The predicted molar refractivity (Wildman–Crippen MR) is 80.6 cm³/mol. The molecule has 3 N–H and O–H groups in total. The standard InChI is InChI=1S/C15H23N3O2/c1-12-11-18(8-4-10-20-12)9-7-15(19)17-14-6-3-2-5-13(14)16/h2-3,5-6,12H,4,7-11,16H2,1H3,(H,17,19). The first-order valence-corrected chi connectivity index (χ1v) is 7.13. The van der Waals surface area contributed by atoms with E-state index in [1.165, 1.54) is 0 Å². The summed E-state index contributed by atoms with van der Waals surface area (Å²) in [4.78, 5) is 14.2. The molecule has 1 heterocycles. The summed E-state index contributed by atoms with van der Waals surface area (Å²) in [7, 11) is 0. The second-order valence-electron chi connectivity index (χ2n) is 5.22. The minimum absolute atomic E-state index is 0.000665. The van der Waals surface area contributed by atoms with Crippen LogP contribution in [0.15, 0.2) is 24.3 Å². The summed E-state index contributed by atoms with van der Waals surface area (Å²) in [5, 5.41) is 2.85. The second kappa shape index (κ2) is 7.26. The Bertz CT molecular complexity index is 450. The van der Waals surface area contributed by atoms with Gasteiger partial charge in [-0.2, -0.15) is 0 Å². The van der Waals surface area contributed by atoms with Crippen LogP contribution in [-0.4, -0.2) is 43.2 Å². The van der Waals surface area contributed by atoms with Gasteiger partial charge in [0.2, 0.25) is 5.91 Å². The zero-order valence-electron chi connectivity index (χ0n) is 12.0. The predicted octanol–water partition coefficient (Wildman–Crippen LogP) is 1.71. The summed E-state index contributed by atoms with van der Waals surface area (Å²) in [6.45, 7) is 5.52. The molecule has 0 spiro atoms. The van der Waals surface area contributed by atoms with Gasteiger partial charge in [0.05, 0.1) is 17.5 Å². The van der Waals surface area contributed by atoms with Crippen LogP contribution in [0.1, 0.15) is 19.8 Å². The molecular formula is C15H23N3O2. The monoisotopic (exact) mass is 277 g/mol. The van der Waals surface area contributed by atoms with Crippen molar-refractivity contribution in [1.29, 1.82) is 0 Å². The number of para-hydroxylation sites is 2. The fourth-order valence-electron chi connectivity index (χ4n) is 2.37. The third-order valence-corrected chi connectivity index (χ3v) is 3.43. The van der Waals surface area contributed by atoms with E-state index >= 15 is 0 Å². The highest BCUT2D eigenvalue weighted by Crippen LogP contribution is 2.16. The second-order valence-corrected chi connectivity index (χ2v) is 5.22. The molecular weight excluding hydrogens is 254 g/mol. The molecule has 1 unspecified atom stereocenters. The van der Waals surface area contributed by atoms with Crippen molar-refractivity contribution in [3.05, 3.63) is 24.3 Å². The van der Waals surface area contributed by atoms with Crippen molar-refractivity contribution in [3.8, 4) is 0 Å². The molecule has 5 nitrogen and oxygen atoms in total. The van der Waals surface area contributed by atoms with Crippen molar-refractivity contribution in [2.45, 2.75) is 25.9 Å². The molecule has 1 saturated heterocycles. The number of hydrogen-bond donors (Lipinski definition) is 2. The van der Waals surface area contributed by atoms with Crippen LogP contribution in [0, 0.1) is 0 Å². The van der Waals surface area contributed by atoms with E-state index in [0.29, 0.717) is 17.8 Å². The number of ether oxygens (including phenoxy) is 1. The summed E-state index contributed by atoms with van der Waals surface area (Å²) < 4.78 is 5.59. The molecule has 1 aromatic rings. The molecule has 1 aromatic carbocycles. The number of carbonyl (C=O) groups is 1. The number of nitrogens with zero attached hydrogens (tertiary/aromatic N) is 1. The van der Waals surface area contributed by atoms with E-state index in [1.54, 1.807) is 6.07 Å². The lowest BCUT2D eigenvalue weighted by Crippen LogP contribution is -2.33. The van der Waals surface area contributed by atoms with Crippen molar-refractivity contribution in [2.24, 2.45) is 0 Å². The van der Waals surface area contributed by atoms with Crippen LogP contribution in [0.2, 0.25) is 0 Å². The minimum atomic E-state index is 0.000665. The number of anilines is 2. The van der Waals surface area contributed by atoms with E-state index < -0.39 is 0 Å². The van der Waals surface area contributed by atoms with Gasteiger partial charge in [0, 0.05) is 32.7 Å². The van der Waals surface area contributed by atoms with Gasteiger partial charge in [0.15, 0.2) is 0 Å². The van der Waals surface area contributed by atoms with Gasteiger partial charge in [-0.25, -0.2) is 0 Å². The Morgan fingerprint density at radius 1 is 1.50 bits per heavy atom. The molecule has 0 aromatic heterocycles. The van der Waals surface area contributed by atoms with Crippen molar-refractivity contribution in [1.82, 2.24) is 4.90 Å². The Balaban J connectivity index is 1.78. The Kier molecular flexibility index (Phi) is 5.38. The molecule has 2 rings (SSSR count). The van der Waals surface area contributed by atoms with Gasteiger partial charge in [-0.15, -0.1) is 0 Å². The van der Waals surface area contributed by atoms with Crippen LogP contribution in [0.3, 0.4) is 0 Å². The lowest BCUT2D eigenvalue weighted by Gasteiger charge is -2.21. The zero-order valence-corrected chi connectivity index (χ0v) is 12.0. The first kappa shape index (κ1) is 14.8. The van der Waals surface area contributed by atoms with Gasteiger partial charge in [-0.1, -0.05) is 12.1 Å². The first-order chi connectivity index (χ1) is 9.65. The summed E-state index contributed by atoms with van der Waals surface area (Å²) in [5.41, 5.74) is 7.09. The maximum absolute atomic E-state index is 12.0. The zero-order chi connectivity index (χ0) is 14.4. The molecule has 0 aliphatic carbocycles. The largest absolute Gasteiger partial charge is 0.397 e. The number of hydrogen-bond acceptors (Lipinski definition) is 4. The minimum Gasteiger partial charge on any atom is -0.397 e. The van der Waals surface area contributed by atoms with Crippen LogP contribution in [0.25, 0.3) is 0 Å². The highest BCUT2D eigenvalue weighted by Gasteiger charge is 2.15. The number of nitrogen functional groups attached to an aromatic ring is 1. The maximum Gasteiger partial charge on any atom is 0.225 e. The highest BCUT2D eigenvalue weighted by atomic mass is 16.5. The maximum atomic E-state index is 12.0. The third-order valence-electron chi connectivity index (χ3n) is 3.43. The summed E-state index contributed by atoms with van der Waals surface area (Å²) in [5.74, 6) is 0.000665. The summed E-state index contributed by atoms with van der Waals surface area (Å²) in [6, 6.07) is 7.31. The van der Waals surface area contributed by atoms with Crippen LogP contribution >= 0.6 is 0 Å². The van der Waals surface area contributed by atoms with Crippen molar-refractivity contribution < 1.29 is 9.53 Å². The van der Waals surface area contributed by atoms with Crippen LogP contribution in [0.4, 0.5) is 11.4 Å². The molecule has 0 saturated carbocycles. The number of nitrogens with one attached hydrogen (secondary N) is 1. The number of amides is 1. The average Bonchev–Trinajstić information content (AvgIpc) is 2.63. The van der Waals surface area contributed by atoms with E-state index in [1.807, 2.05) is 18.2 Å². The molecule has 1 fully saturated rings. The van der Waals surface area contributed by atoms with Gasteiger partial charge < -0.3 is 20.7 Å². The Morgan fingerprint density at radius 3 is 3.10 bits per heavy atom. The van der Waals surface area contributed by atoms with E-state index in [2.05, 4.69) is 17.1 Å². The van der Waals surface area contributed by atoms with Crippen molar-refractivity contribution in [3.63, 3.8) is 0 Å². The Hall–Kier alpha value is -1.59. The molecule has 0 radical (unpaired) electrons. The molecule has 0 bridgehead atoms. The fraction of sp³-hybridized carbons (Fsp3) is 0.533. The highest BCUT2D eigenvalue weighted by molar-refractivity contribution is 5.93. The number of benzene rings is 1. The SMILES string of the molecule is CC1CN(CCC(=O)Nc2ccccc2N)CCCO1. The molecule has 1 atom stereocenters. The Morgan fingerprint density at radius 2 is 2.30 bits per heavy atom. The molecule has 1 amide bonds. The average molecular weight is 277 g/mol. The molecule has 5 heteroatoms. The smallest absolute Gasteiger partial charge is 0.225 e. The first-order valence-electron chi connectivity index (χ1n) is 7.13. The normalized spacial score (nSPS) is 20.4. The Labute approximate surface area is 120 Å². The van der Waals surface area contributed by atoms with Gasteiger partial charge in [-0.05, 0) is 25.5 Å². The van der Waals surface area contributed by atoms with Gasteiger partial charge in [0.25, 0.3) is 0 Å². The van der Waals surface area contributed by atoms with E-state index in [9.17, 15) is 4.79 Å². The lowest BCUT2D eigenvalue weighted by molar-refractivity contribution is -0.116. The topological polar surface area (TPSA) is 67.6 Å². The van der Waals surface area contributed by atoms with Crippen LogP contribution in [0.5, 0.6) is 0 Å². The van der Waals surface area contributed by atoms with E-state index in [-0.39, 0.29) is 12.0 Å². The fourth-order valence-corrected chi connectivity index (χ4v) is 2.37.